The third kappa shape index (κ3) is 3.33. The maximum atomic E-state index is 5.97. The Morgan fingerprint density at radius 2 is 2.00 bits per heavy atom. The molecule has 0 aliphatic heterocycles. The van der Waals surface area contributed by atoms with E-state index in [0.29, 0.717) is 17.2 Å². The second-order valence-electron chi connectivity index (χ2n) is 4.98. The Bertz CT molecular complexity index is 360. The molecule has 18 heavy (non-hydrogen) atoms. The van der Waals surface area contributed by atoms with Gasteiger partial charge in [0.05, 0.1) is 0 Å². The Morgan fingerprint density at radius 1 is 1.28 bits per heavy atom. The van der Waals surface area contributed by atoms with E-state index in [-0.39, 0.29) is 0 Å². The summed E-state index contributed by atoms with van der Waals surface area (Å²) in [6.07, 6.45) is 5.60. The van der Waals surface area contributed by atoms with E-state index in [0.717, 1.165) is 44.5 Å². The van der Waals surface area contributed by atoms with Crippen molar-refractivity contribution in [2.24, 2.45) is 5.73 Å². The fourth-order valence-electron chi connectivity index (χ4n) is 2.60. The summed E-state index contributed by atoms with van der Waals surface area (Å²) in [6.45, 7) is 3.20. The van der Waals surface area contributed by atoms with Gasteiger partial charge in [-0.05, 0) is 44.2 Å². The Morgan fingerprint density at radius 3 is 2.56 bits per heavy atom. The minimum absolute atomic E-state index is 0.376. The molecule has 1 aromatic heterocycles. The van der Waals surface area contributed by atoms with Crippen LogP contribution in [-0.4, -0.2) is 28.8 Å². The zero-order chi connectivity index (χ0) is 13.0. The molecule has 0 saturated heterocycles. The average molecular weight is 269 g/mol. The van der Waals surface area contributed by atoms with Crippen LogP contribution in [0, 0.1) is 0 Å². The van der Waals surface area contributed by atoms with E-state index < -0.39 is 0 Å². The van der Waals surface area contributed by atoms with Crippen molar-refractivity contribution in [2.75, 3.05) is 11.4 Å². The van der Waals surface area contributed by atoms with E-state index in [9.17, 15) is 0 Å². The maximum Gasteiger partial charge on any atom is 0.151 e. The molecule has 1 heterocycles. The SMILES string of the molecule is CCCN(c1ccc(Cl)nn1)C1CCC(N)CC1. The smallest absolute Gasteiger partial charge is 0.151 e. The van der Waals surface area contributed by atoms with Gasteiger partial charge in [0, 0.05) is 18.6 Å². The molecule has 1 saturated carbocycles. The van der Waals surface area contributed by atoms with Gasteiger partial charge in [-0.25, -0.2) is 0 Å². The van der Waals surface area contributed by atoms with Crippen molar-refractivity contribution in [1.82, 2.24) is 10.2 Å². The van der Waals surface area contributed by atoms with Gasteiger partial charge in [-0.15, -0.1) is 10.2 Å². The van der Waals surface area contributed by atoms with E-state index in [2.05, 4.69) is 22.0 Å². The molecule has 0 spiro atoms. The molecule has 1 aliphatic rings. The maximum absolute atomic E-state index is 5.97. The second kappa shape index (κ2) is 6.34. The van der Waals surface area contributed by atoms with Crippen LogP contribution < -0.4 is 10.6 Å². The quantitative estimate of drug-likeness (QED) is 0.912. The zero-order valence-electron chi connectivity index (χ0n) is 10.8. The van der Waals surface area contributed by atoms with Gasteiger partial charge in [-0.2, -0.15) is 0 Å². The standard InChI is InChI=1S/C13H21ClN4/c1-2-9-18(11-5-3-10(15)4-6-11)13-8-7-12(14)16-17-13/h7-8,10-11H,2-6,9,15H2,1H3. The highest BCUT2D eigenvalue weighted by atomic mass is 35.5. The first-order valence-corrected chi connectivity index (χ1v) is 7.10. The van der Waals surface area contributed by atoms with Crippen molar-refractivity contribution >= 4 is 17.4 Å². The fourth-order valence-corrected chi connectivity index (χ4v) is 2.70. The molecule has 1 aromatic rings. The lowest BCUT2D eigenvalue weighted by atomic mass is 9.90. The molecule has 1 aliphatic carbocycles. The van der Waals surface area contributed by atoms with E-state index >= 15 is 0 Å². The third-order valence-electron chi connectivity index (χ3n) is 3.56. The molecule has 1 fully saturated rings. The summed E-state index contributed by atoms with van der Waals surface area (Å²) < 4.78 is 0. The normalized spacial score (nSPS) is 23.9. The highest BCUT2D eigenvalue weighted by Gasteiger charge is 2.24. The number of hydrogen-bond acceptors (Lipinski definition) is 4. The van der Waals surface area contributed by atoms with Crippen LogP contribution in [0.1, 0.15) is 39.0 Å². The first-order valence-electron chi connectivity index (χ1n) is 6.72. The number of nitrogens with zero attached hydrogens (tertiary/aromatic N) is 3. The number of hydrogen-bond donors (Lipinski definition) is 1. The fraction of sp³-hybridized carbons (Fsp3) is 0.692. The van der Waals surface area contributed by atoms with Crippen molar-refractivity contribution in [3.8, 4) is 0 Å². The summed E-state index contributed by atoms with van der Waals surface area (Å²) >= 11 is 5.79. The number of anilines is 1. The minimum atomic E-state index is 0.376. The highest BCUT2D eigenvalue weighted by Crippen LogP contribution is 2.26. The Hall–Kier alpha value is -0.870. The molecule has 0 amide bonds. The molecular weight excluding hydrogens is 248 g/mol. The summed E-state index contributed by atoms with van der Waals surface area (Å²) in [5.74, 6) is 0.932. The van der Waals surface area contributed by atoms with Gasteiger partial charge >= 0.3 is 0 Å². The van der Waals surface area contributed by atoms with Crippen molar-refractivity contribution in [1.29, 1.82) is 0 Å². The minimum Gasteiger partial charge on any atom is -0.352 e. The van der Waals surface area contributed by atoms with Crippen LogP contribution in [-0.2, 0) is 0 Å². The third-order valence-corrected chi connectivity index (χ3v) is 3.76. The summed E-state index contributed by atoms with van der Waals surface area (Å²) in [5.41, 5.74) is 5.97. The Balaban J connectivity index is 2.09. The van der Waals surface area contributed by atoms with Crippen molar-refractivity contribution < 1.29 is 0 Å². The van der Waals surface area contributed by atoms with Gasteiger partial charge in [-0.3, -0.25) is 0 Å². The Kier molecular flexibility index (Phi) is 4.78. The van der Waals surface area contributed by atoms with Gasteiger partial charge < -0.3 is 10.6 Å². The van der Waals surface area contributed by atoms with Gasteiger partial charge in [0.25, 0.3) is 0 Å². The monoisotopic (exact) mass is 268 g/mol. The lowest BCUT2D eigenvalue weighted by molar-refractivity contribution is 0.373. The predicted octanol–water partition coefficient (Wildman–Crippen LogP) is 2.62. The first-order chi connectivity index (χ1) is 8.70. The molecule has 5 heteroatoms. The van der Waals surface area contributed by atoms with Crippen LogP contribution in [0.15, 0.2) is 12.1 Å². The highest BCUT2D eigenvalue weighted by molar-refractivity contribution is 6.29. The van der Waals surface area contributed by atoms with E-state index in [4.69, 9.17) is 17.3 Å². The Labute approximate surface area is 114 Å². The molecule has 100 valence electrons. The van der Waals surface area contributed by atoms with Crippen LogP contribution in [0.5, 0.6) is 0 Å². The summed E-state index contributed by atoms with van der Waals surface area (Å²) in [7, 11) is 0. The molecule has 0 atom stereocenters. The zero-order valence-corrected chi connectivity index (χ0v) is 11.6. The van der Waals surface area contributed by atoms with Crippen molar-refractivity contribution in [2.45, 2.75) is 51.1 Å². The van der Waals surface area contributed by atoms with Crippen molar-refractivity contribution in [3.05, 3.63) is 17.3 Å². The van der Waals surface area contributed by atoms with Gasteiger partial charge in [0.1, 0.15) is 0 Å². The van der Waals surface area contributed by atoms with Crippen LogP contribution in [0.2, 0.25) is 5.15 Å². The number of halogens is 1. The molecule has 0 unspecified atom stereocenters. The van der Waals surface area contributed by atoms with E-state index in [1.54, 1.807) is 6.07 Å². The second-order valence-corrected chi connectivity index (χ2v) is 5.36. The average Bonchev–Trinajstić information content (AvgIpc) is 2.39. The molecule has 0 aromatic carbocycles. The summed E-state index contributed by atoms with van der Waals surface area (Å²) in [5, 5.41) is 8.59. The lowest BCUT2D eigenvalue weighted by Gasteiger charge is -2.36. The van der Waals surface area contributed by atoms with E-state index in [1.165, 1.54) is 0 Å². The topological polar surface area (TPSA) is 55.0 Å². The van der Waals surface area contributed by atoms with Crippen LogP contribution >= 0.6 is 11.6 Å². The van der Waals surface area contributed by atoms with Gasteiger partial charge in [0.15, 0.2) is 11.0 Å². The molecule has 0 radical (unpaired) electrons. The van der Waals surface area contributed by atoms with Gasteiger partial charge in [-0.1, -0.05) is 18.5 Å². The number of aromatic nitrogens is 2. The summed E-state index contributed by atoms with van der Waals surface area (Å²) in [6, 6.07) is 4.68. The van der Waals surface area contributed by atoms with Gasteiger partial charge in [0.2, 0.25) is 0 Å². The predicted molar refractivity (Wildman–Crippen MR) is 74.9 cm³/mol. The van der Waals surface area contributed by atoms with Crippen molar-refractivity contribution in [3.63, 3.8) is 0 Å². The molecule has 2 N–H and O–H groups in total. The molecule has 0 bridgehead atoms. The lowest BCUT2D eigenvalue weighted by Crippen LogP contribution is -2.41. The number of rotatable bonds is 4. The molecule has 4 nitrogen and oxygen atoms in total. The molecule has 2 rings (SSSR count). The first kappa shape index (κ1) is 13.6. The summed E-state index contributed by atoms with van der Waals surface area (Å²) in [4.78, 5) is 2.36. The largest absolute Gasteiger partial charge is 0.352 e. The van der Waals surface area contributed by atoms with E-state index in [1.807, 2.05) is 6.07 Å². The van der Waals surface area contributed by atoms with Crippen LogP contribution in [0.25, 0.3) is 0 Å². The molecular formula is C13H21ClN4. The van der Waals surface area contributed by atoms with Crippen LogP contribution in [0.4, 0.5) is 5.82 Å². The number of nitrogens with two attached hydrogens (primary N) is 1. The van der Waals surface area contributed by atoms with Crippen LogP contribution in [0.3, 0.4) is 0 Å².